The van der Waals surface area contributed by atoms with Crippen molar-refractivity contribution < 1.29 is 23.1 Å². The van der Waals surface area contributed by atoms with E-state index in [2.05, 4.69) is 43.6 Å². The summed E-state index contributed by atoms with van der Waals surface area (Å²) in [7, 11) is -3.61. The van der Waals surface area contributed by atoms with Crippen LogP contribution in [-0.2, 0) is 29.4 Å². The topological polar surface area (TPSA) is 128 Å². The fourth-order valence-corrected chi connectivity index (χ4v) is 7.09. The van der Waals surface area contributed by atoms with Gasteiger partial charge in [-0.05, 0) is 59.2 Å². The number of nitrogens with one attached hydrogen (secondary N) is 1. The Morgan fingerprint density at radius 3 is 2.23 bits per heavy atom. The first kappa shape index (κ1) is 33.0. The Morgan fingerprint density at radius 2 is 1.60 bits per heavy atom. The summed E-state index contributed by atoms with van der Waals surface area (Å²) < 4.78 is 38.7. The second-order valence-corrected chi connectivity index (χ2v) is 13.6. The predicted octanol–water partition coefficient (Wildman–Crippen LogP) is 6.01. The summed E-state index contributed by atoms with van der Waals surface area (Å²) in [5.74, 6) is -0.585. The van der Waals surface area contributed by atoms with E-state index in [4.69, 9.17) is 16.3 Å². The molecule has 2 N–H and O–H groups in total. The van der Waals surface area contributed by atoms with E-state index in [1.165, 1.54) is 29.5 Å². The molecule has 0 saturated heterocycles. The van der Waals surface area contributed by atoms with Gasteiger partial charge in [-0.15, -0.1) is 0 Å². The van der Waals surface area contributed by atoms with Crippen LogP contribution in [0.2, 0.25) is 5.02 Å². The number of aryl methyl sites for hydroxylation is 1. The van der Waals surface area contributed by atoms with Gasteiger partial charge >= 0.3 is 5.97 Å². The summed E-state index contributed by atoms with van der Waals surface area (Å²) in [6, 6.07) is 32.3. The molecule has 48 heavy (non-hydrogen) atoms. The van der Waals surface area contributed by atoms with Crippen molar-refractivity contribution in [3.63, 3.8) is 0 Å². The van der Waals surface area contributed by atoms with E-state index < -0.39 is 16.0 Å². The average Bonchev–Trinajstić information content (AvgIpc) is 3.72. The maximum absolute atomic E-state index is 13.0. The molecule has 0 fully saturated rings. The van der Waals surface area contributed by atoms with Gasteiger partial charge in [-0.3, -0.25) is 4.68 Å². The van der Waals surface area contributed by atoms with Crippen LogP contribution in [0.1, 0.15) is 38.8 Å². The number of halogens is 1. The third kappa shape index (κ3) is 7.76. The molecule has 10 nitrogen and oxygen atoms in total. The van der Waals surface area contributed by atoms with Crippen molar-refractivity contribution in [1.82, 2.24) is 24.1 Å². The van der Waals surface area contributed by atoms with Crippen LogP contribution in [0.15, 0.2) is 116 Å². The molecule has 6 rings (SSSR count). The van der Waals surface area contributed by atoms with Gasteiger partial charge in [0.1, 0.15) is 18.4 Å². The van der Waals surface area contributed by atoms with Gasteiger partial charge in [-0.2, -0.15) is 5.10 Å². The number of hydrogen-bond acceptors (Lipinski definition) is 6. The fraction of sp³-hybridized carbons (Fsp3) is 0.194. The minimum atomic E-state index is -3.61. The zero-order valence-electron chi connectivity index (χ0n) is 25.9. The summed E-state index contributed by atoms with van der Waals surface area (Å²) in [6.45, 7) is 0.661. The van der Waals surface area contributed by atoms with E-state index in [1.807, 2.05) is 54.6 Å². The van der Waals surface area contributed by atoms with E-state index in [-0.39, 0.29) is 30.4 Å². The minimum absolute atomic E-state index is 0.132. The lowest BCUT2D eigenvalue weighted by molar-refractivity contribution is 0.0697. The normalized spacial score (nSPS) is 11.7. The number of rotatable bonds is 15. The number of carboxylic acid groups (broad SMARTS) is 1. The molecule has 2 aromatic heterocycles. The SMILES string of the molecule is O=C(O)c1ccc(OCCc2c(CCNS(=O)(=O)CCn3cncn3)n(C(c3ccccc3)c3ccccc3)c3ccc(Cl)cc23)cc1. The zero-order chi connectivity index (χ0) is 33.5. The van der Waals surface area contributed by atoms with Crippen LogP contribution < -0.4 is 9.46 Å². The van der Waals surface area contributed by atoms with Gasteiger partial charge < -0.3 is 14.4 Å². The molecule has 0 bridgehead atoms. The molecule has 0 aliphatic carbocycles. The molecule has 2 heterocycles. The number of fused-ring (bicyclic) bond motifs is 1. The predicted molar refractivity (Wildman–Crippen MR) is 185 cm³/mol. The van der Waals surface area contributed by atoms with Crippen LogP contribution in [0.5, 0.6) is 5.75 Å². The van der Waals surface area contributed by atoms with Crippen LogP contribution in [0, 0.1) is 0 Å². The van der Waals surface area contributed by atoms with Crippen molar-refractivity contribution in [1.29, 1.82) is 0 Å². The van der Waals surface area contributed by atoms with Gasteiger partial charge in [0.25, 0.3) is 0 Å². The van der Waals surface area contributed by atoms with Gasteiger partial charge in [-0.25, -0.2) is 22.9 Å². The first-order valence-corrected chi connectivity index (χ1v) is 17.5. The third-order valence-electron chi connectivity index (χ3n) is 8.13. The number of benzene rings is 4. The lowest BCUT2D eigenvalue weighted by Gasteiger charge is -2.25. The smallest absolute Gasteiger partial charge is 0.335 e. The lowest BCUT2D eigenvalue weighted by Crippen LogP contribution is -2.31. The fourth-order valence-electron chi connectivity index (χ4n) is 5.94. The van der Waals surface area contributed by atoms with Crippen LogP contribution in [0.25, 0.3) is 10.9 Å². The van der Waals surface area contributed by atoms with Gasteiger partial charge in [0, 0.05) is 41.0 Å². The highest BCUT2D eigenvalue weighted by molar-refractivity contribution is 7.89. The molecule has 0 amide bonds. The maximum Gasteiger partial charge on any atom is 0.335 e. The number of sulfonamides is 1. The van der Waals surface area contributed by atoms with Crippen molar-refractivity contribution in [3.05, 3.63) is 149 Å². The Morgan fingerprint density at radius 1 is 0.917 bits per heavy atom. The summed E-state index contributed by atoms with van der Waals surface area (Å²) in [6.07, 6.45) is 3.75. The Balaban J connectivity index is 1.38. The standard InChI is InChI=1S/C36H34ClN5O5S/c37-29-13-16-33-32(23-29)31(18-21-47-30-14-11-28(12-15-30)36(43)44)34(17-19-40-48(45,46)22-20-41-25-38-24-39-41)42(33)35(26-7-3-1-4-8-26)27-9-5-2-6-10-27/h1-16,23-25,35,40H,17-22H2,(H,43,44). The summed E-state index contributed by atoms with van der Waals surface area (Å²) in [5, 5.41) is 14.8. The first-order chi connectivity index (χ1) is 23.3. The van der Waals surface area contributed by atoms with Gasteiger partial charge in [0.05, 0.1) is 30.5 Å². The molecule has 246 valence electrons. The highest BCUT2D eigenvalue weighted by atomic mass is 35.5. The van der Waals surface area contributed by atoms with Gasteiger partial charge in [-0.1, -0.05) is 72.3 Å². The second-order valence-electron chi connectivity index (χ2n) is 11.2. The molecule has 6 aromatic rings. The zero-order valence-corrected chi connectivity index (χ0v) is 27.5. The van der Waals surface area contributed by atoms with Crippen molar-refractivity contribution in [3.8, 4) is 5.75 Å². The number of nitrogens with zero attached hydrogens (tertiary/aromatic N) is 4. The van der Waals surface area contributed by atoms with E-state index in [0.717, 1.165) is 33.3 Å². The molecule has 4 aromatic carbocycles. The average molecular weight is 684 g/mol. The molecular weight excluding hydrogens is 650 g/mol. The highest BCUT2D eigenvalue weighted by Crippen LogP contribution is 2.37. The van der Waals surface area contributed by atoms with E-state index in [9.17, 15) is 18.3 Å². The van der Waals surface area contributed by atoms with Gasteiger partial charge in [0.15, 0.2) is 0 Å². The number of aromatic carboxylic acids is 1. The van der Waals surface area contributed by atoms with Crippen LogP contribution in [0.3, 0.4) is 0 Å². The molecule has 0 saturated carbocycles. The number of aromatic nitrogens is 4. The number of hydrogen-bond donors (Lipinski definition) is 2. The number of carboxylic acids is 1. The van der Waals surface area contributed by atoms with E-state index in [1.54, 1.807) is 12.1 Å². The molecule has 0 aliphatic rings. The van der Waals surface area contributed by atoms with Crippen LogP contribution in [-0.4, -0.2) is 57.7 Å². The number of carbonyl (C=O) groups is 1. The van der Waals surface area contributed by atoms with Crippen molar-refractivity contribution in [2.75, 3.05) is 18.9 Å². The van der Waals surface area contributed by atoms with Crippen molar-refractivity contribution >= 4 is 38.5 Å². The maximum atomic E-state index is 13.0. The highest BCUT2D eigenvalue weighted by Gasteiger charge is 2.26. The Bertz CT molecular complexity index is 2050. The summed E-state index contributed by atoms with van der Waals surface area (Å²) >= 11 is 6.59. The third-order valence-corrected chi connectivity index (χ3v) is 9.73. The first-order valence-electron chi connectivity index (χ1n) is 15.5. The summed E-state index contributed by atoms with van der Waals surface area (Å²) in [5.41, 5.74) is 5.24. The lowest BCUT2D eigenvalue weighted by atomic mass is 9.97. The second kappa shape index (κ2) is 14.8. The quantitative estimate of drug-likeness (QED) is 0.136. The minimum Gasteiger partial charge on any atom is -0.493 e. The Kier molecular flexibility index (Phi) is 10.2. The molecule has 0 atom stereocenters. The molecule has 0 aliphatic heterocycles. The van der Waals surface area contributed by atoms with E-state index in [0.29, 0.717) is 30.2 Å². The molecule has 12 heteroatoms. The van der Waals surface area contributed by atoms with Crippen LogP contribution in [0.4, 0.5) is 0 Å². The van der Waals surface area contributed by atoms with Crippen molar-refractivity contribution in [2.45, 2.75) is 25.4 Å². The number of ether oxygens (including phenoxy) is 1. The monoisotopic (exact) mass is 683 g/mol. The molecule has 0 spiro atoms. The molecule has 0 radical (unpaired) electrons. The largest absolute Gasteiger partial charge is 0.493 e. The van der Waals surface area contributed by atoms with Crippen LogP contribution >= 0.6 is 11.6 Å². The Labute approximate surface area is 283 Å². The van der Waals surface area contributed by atoms with Crippen molar-refractivity contribution in [2.24, 2.45) is 0 Å². The molecular formula is C36H34ClN5O5S. The Hall–Kier alpha value is -4.97. The van der Waals surface area contributed by atoms with E-state index >= 15 is 0 Å². The van der Waals surface area contributed by atoms with Gasteiger partial charge in [0.2, 0.25) is 10.0 Å². The molecule has 0 unspecified atom stereocenters. The summed E-state index contributed by atoms with van der Waals surface area (Å²) in [4.78, 5) is 15.2.